The van der Waals surface area contributed by atoms with Crippen molar-refractivity contribution < 1.29 is 47.4 Å². The number of nitrogens with one attached hydrogen (secondary N) is 2. The second-order valence-corrected chi connectivity index (χ2v) is 18.5. The number of carbonyl (C=O) groups excluding carboxylic acids is 4. The zero-order valence-electron chi connectivity index (χ0n) is 36.9. The number of hydrogen-bond acceptors (Lipinski definition) is 13. The third kappa shape index (κ3) is 12.9. The number of alkyl carbamates (subject to hydrolysis) is 1. The van der Waals surface area contributed by atoms with Gasteiger partial charge in [-0.15, -0.1) is 0 Å². The van der Waals surface area contributed by atoms with E-state index in [-0.39, 0.29) is 41.9 Å². The van der Waals surface area contributed by atoms with E-state index >= 15 is 0 Å². The van der Waals surface area contributed by atoms with Gasteiger partial charge >= 0.3 is 36.0 Å². The van der Waals surface area contributed by atoms with Crippen LogP contribution in [0.15, 0.2) is 23.0 Å². The molecule has 0 aromatic carbocycles. The Kier molecular flexibility index (Phi) is 14.4. The van der Waals surface area contributed by atoms with Gasteiger partial charge in [0.15, 0.2) is 11.2 Å². The lowest BCUT2D eigenvalue weighted by Gasteiger charge is -2.31. The maximum absolute atomic E-state index is 14.2. The van der Waals surface area contributed by atoms with Gasteiger partial charge in [-0.05, 0) is 115 Å². The van der Waals surface area contributed by atoms with E-state index in [0.29, 0.717) is 31.0 Å². The number of anilines is 2. The van der Waals surface area contributed by atoms with Crippen molar-refractivity contribution in [1.29, 1.82) is 0 Å². The minimum Gasteiger partial charge on any atom is -0.466 e. The number of fused-ring (bicyclic) bond motifs is 5. The third-order valence-electron chi connectivity index (χ3n) is 8.42. The van der Waals surface area contributed by atoms with Crippen molar-refractivity contribution in [3.05, 3.63) is 28.7 Å². The fourth-order valence-corrected chi connectivity index (χ4v) is 6.05. The van der Waals surface area contributed by atoms with Crippen LogP contribution in [0.3, 0.4) is 0 Å². The molecule has 3 heterocycles. The Morgan fingerprint density at radius 2 is 1.39 bits per heavy atom. The van der Waals surface area contributed by atoms with Crippen LogP contribution < -0.4 is 35.4 Å². The number of ether oxygens (including phenoxy) is 5. The number of amides is 4. The predicted octanol–water partition coefficient (Wildman–Crippen LogP) is 6.22. The summed E-state index contributed by atoms with van der Waals surface area (Å²) in [6, 6.07) is 0. The molecular formula is C41H63N8O10+. The third-order valence-corrected chi connectivity index (χ3v) is 8.42. The molecule has 0 spiro atoms. The largest absolute Gasteiger partial charge is 0.479 e. The van der Waals surface area contributed by atoms with Gasteiger partial charge in [0.1, 0.15) is 29.0 Å². The molecule has 0 saturated carbocycles. The summed E-state index contributed by atoms with van der Waals surface area (Å²) in [5, 5.41) is 6.13. The summed E-state index contributed by atoms with van der Waals surface area (Å²) in [6.45, 7) is 22.1. The van der Waals surface area contributed by atoms with Crippen molar-refractivity contribution in [2.75, 3.05) is 43.1 Å². The Balaban J connectivity index is 1.83. The van der Waals surface area contributed by atoms with Crippen LogP contribution in [0.1, 0.15) is 109 Å². The fourth-order valence-electron chi connectivity index (χ4n) is 6.05. The molecule has 2 N–H and O–H groups in total. The topological polar surface area (TPSA) is 197 Å². The highest BCUT2D eigenvalue weighted by atomic mass is 16.6. The quantitative estimate of drug-likeness (QED) is 0.147. The second kappa shape index (κ2) is 18.3. The number of unbranched alkanes of at least 4 members (excludes halogenated alkanes) is 2. The molecule has 2 aromatic rings. The molecule has 18 heteroatoms. The predicted molar refractivity (Wildman–Crippen MR) is 222 cm³/mol. The Labute approximate surface area is 346 Å². The summed E-state index contributed by atoms with van der Waals surface area (Å²) in [6.07, 6.45) is 5.29. The van der Waals surface area contributed by atoms with Crippen LogP contribution in [0.5, 0.6) is 5.88 Å². The molecule has 1 aliphatic carbocycles. The molecule has 1 unspecified atom stereocenters. The highest BCUT2D eigenvalue weighted by Crippen LogP contribution is 2.38. The molecule has 0 fully saturated rings. The first-order chi connectivity index (χ1) is 27.3. The monoisotopic (exact) mass is 827 g/mol. The summed E-state index contributed by atoms with van der Waals surface area (Å²) >= 11 is 0. The van der Waals surface area contributed by atoms with Gasteiger partial charge in [0.05, 0.1) is 18.7 Å². The highest BCUT2D eigenvalue weighted by molar-refractivity contribution is 6.14. The fraction of sp³-hybridized carbons (Fsp3) is 0.659. The van der Waals surface area contributed by atoms with E-state index in [2.05, 4.69) is 15.6 Å². The molecule has 4 amide bonds. The van der Waals surface area contributed by atoms with E-state index in [1.54, 1.807) is 66.9 Å². The minimum absolute atomic E-state index is 0.0193. The first kappa shape index (κ1) is 46.4. The zero-order valence-corrected chi connectivity index (χ0v) is 36.9. The maximum Gasteiger partial charge on any atom is 0.479 e. The molecule has 1 atom stereocenters. The van der Waals surface area contributed by atoms with Crippen molar-refractivity contribution in [3.63, 3.8) is 0 Å². The minimum atomic E-state index is -1.14. The number of rotatable bonds is 11. The number of aromatic nitrogens is 4. The van der Waals surface area contributed by atoms with Gasteiger partial charge in [-0.3, -0.25) is 4.57 Å². The van der Waals surface area contributed by atoms with Crippen molar-refractivity contribution in [2.24, 2.45) is 5.92 Å². The summed E-state index contributed by atoms with van der Waals surface area (Å²) in [5.74, 6) is -0.410. The molecular weight excluding hydrogens is 764 g/mol. The van der Waals surface area contributed by atoms with E-state index < -0.39 is 58.3 Å². The van der Waals surface area contributed by atoms with E-state index in [9.17, 15) is 24.0 Å². The van der Waals surface area contributed by atoms with Crippen LogP contribution in [0, 0.1) is 5.92 Å². The summed E-state index contributed by atoms with van der Waals surface area (Å²) < 4.78 is 31.8. The molecule has 326 valence electrons. The van der Waals surface area contributed by atoms with E-state index in [1.165, 1.54) is 16.5 Å². The molecule has 4 rings (SSSR count). The zero-order chi connectivity index (χ0) is 44.1. The summed E-state index contributed by atoms with van der Waals surface area (Å²) in [5.41, 5.74) is -3.66. The molecule has 18 nitrogen and oxygen atoms in total. The lowest BCUT2D eigenvalue weighted by atomic mass is 9.96. The number of nitrogens with zero attached hydrogens (tertiary/aromatic N) is 6. The van der Waals surface area contributed by atoms with Gasteiger partial charge in [0.2, 0.25) is 5.65 Å². The van der Waals surface area contributed by atoms with Crippen LogP contribution >= 0.6 is 0 Å². The Morgan fingerprint density at radius 3 is 1.98 bits per heavy atom. The number of carbonyl (C=O) groups is 4. The van der Waals surface area contributed by atoms with Gasteiger partial charge < -0.3 is 34.3 Å². The van der Waals surface area contributed by atoms with Gasteiger partial charge in [0, 0.05) is 19.6 Å². The first-order valence-electron chi connectivity index (χ1n) is 20.1. The van der Waals surface area contributed by atoms with Gasteiger partial charge in [0.25, 0.3) is 5.88 Å². The second-order valence-electron chi connectivity index (χ2n) is 18.5. The summed E-state index contributed by atoms with van der Waals surface area (Å²) in [4.78, 5) is 78.9. The standard InChI is InChI=1S/C41H62N8O10/c1-38(2,3)56-34(51)43-22-18-14-17-21-42-23-24-47-29-28(30(45-33(47)50)49(36(53)58-40(7,8)9)37(54)59-41(10,11)12)31-48(27-20-16-15-19-26(27)25-55-31)32(44-29)46(13)35(52)57-39(4,5)6/h15-16,20,26,42H,14,17-19,21-25H2,1-13H3/p+1. The normalized spacial score (nSPS) is 15.3. The Bertz CT molecular complexity index is 1990. The smallest absolute Gasteiger partial charge is 0.466 e. The van der Waals surface area contributed by atoms with Crippen molar-refractivity contribution in [3.8, 4) is 5.88 Å². The van der Waals surface area contributed by atoms with Crippen LogP contribution in [0.4, 0.5) is 30.9 Å². The maximum atomic E-state index is 14.2. The van der Waals surface area contributed by atoms with E-state index in [4.69, 9.17) is 28.7 Å². The molecule has 0 radical (unpaired) electrons. The molecule has 59 heavy (non-hydrogen) atoms. The molecule has 0 saturated heterocycles. The highest BCUT2D eigenvalue weighted by Gasteiger charge is 2.44. The molecule has 2 aromatic heterocycles. The van der Waals surface area contributed by atoms with Crippen LogP contribution in [-0.2, 0) is 25.5 Å². The molecule has 0 bridgehead atoms. The Morgan fingerprint density at radius 1 is 0.814 bits per heavy atom. The average molecular weight is 828 g/mol. The molecule has 2 aliphatic rings. The van der Waals surface area contributed by atoms with Crippen LogP contribution in [0.25, 0.3) is 16.7 Å². The lowest BCUT2D eigenvalue weighted by Crippen LogP contribution is -2.52. The van der Waals surface area contributed by atoms with Crippen LogP contribution in [-0.4, -0.2) is 94.6 Å². The lowest BCUT2D eigenvalue weighted by molar-refractivity contribution is -0.590. The van der Waals surface area contributed by atoms with E-state index in [1.807, 2.05) is 39.0 Å². The number of imide groups is 1. The van der Waals surface area contributed by atoms with E-state index in [0.717, 1.165) is 25.0 Å². The van der Waals surface area contributed by atoms with Gasteiger partial charge in [-0.2, -0.15) is 19.4 Å². The van der Waals surface area contributed by atoms with Crippen LogP contribution in [0.2, 0.25) is 0 Å². The van der Waals surface area contributed by atoms with Gasteiger partial charge in [-0.25, -0.2) is 24.0 Å². The first-order valence-corrected chi connectivity index (χ1v) is 20.1. The SMILES string of the molecule is CN(C(=O)OC(C)(C)C)c1nc2c(c(N(C(=O)OC(C)(C)C)C(=O)OC(C)(C)C)nc(=O)n2CCNCCCCCNC(=O)OC(C)(C)C)c2[n+]1C1=CC=CCC1CO2. The number of hydrogen-bond donors (Lipinski definition) is 2. The summed E-state index contributed by atoms with van der Waals surface area (Å²) in [7, 11) is 1.50. The average Bonchev–Trinajstić information content (AvgIpc) is 3.07. The van der Waals surface area contributed by atoms with Crippen molar-refractivity contribution in [1.82, 2.24) is 25.2 Å². The molecule has 1 aliphatic heterocycles. The van der Waals surface area contributed by atoms with Gasteiger partial charge in [-0.1, -0.05) is 23.6 Å². The Hall–Kier alpha value is -5.26. The number of allylic oxidation sites excluding steroid dienone is 3. The van der Waals surface area contributed by atoms with Crippen molar-refractivity contribution >= 4 is 52.9 Å². The van der Waals surface area contributed by atoms with Crippen molar-refractivity contribution in [2.45, 2.75) is 138 Å².